The molecule has 0 bridgehead atoms. The monoisotopic (exact) mass is 253 g/mol. The van der Waals surface area contributed by atoms with E-state index in [-0.39, 0.29) is 17.4 Å². The fraction of sp³-hybridized carbons (Fsp3) is 0.857. The number of hydrogen-bond acceptors (Lipinski definition) is 3. The maximum atomic E-state index is 11.5. The van der Waals surface area contributed by atoms with Gasteiger partial charge in [0.15, 0.2) is 0 Å². The minimum Gasteiger partial charge on any atom is -0.354 e. The average molecular weight is 253 g/mol. The van der Waals surface area contributed by atoms with E-state index < -0.39 is 0 Å². The van der Waals surface area contributed by atoms with Crippen LogP contribution in [-0.4, -0.2) is 25.0 Å². The predicted octanol–water partition coefficient (Wildman–Crippen LogP) is 2.21. The number of nitrogens with zero attached hydrogens (tertiary/aromatic N) is 1. The molecule has 0 aromatic heterocycles. The van der Waals surface area contributed by atoms with Crippen LogP contribution >= 0.6 is 0 Å². The van der Waals surface area contributed by atoms with Crippen LogP contribution in [0.5, 0.6) is 0 Å². The van der Waals surface area contributed by atoms with E-state index in [0.717, 1.165) is 19.4 Å². The van der Waals surface area contributed by atoms with Crippen LogP contribution in [0.25, 0.3) is 0 Å². The molecule has 104 valence electrons. The number of hydrogen-bond donors (Lipinski definition) is 2. The molecule has 0 fully saturated rings. The summed E-state index contributed by atoms with van der Waals surface area (Å²) in [7, 11) is 0. The van der Waals surface area contributed by atoms with Crippen molar-refractivity contribution in [1.29, 1.82) is 5.26 Å². The summed E-state index contributed by atoms with van der Waals surface area (Å²) in [6.07, 6.45) is 2.94. The Morgan fingerprint density at radius 3 is 2.67 bits per heavy atom. The fourth-order valence-electron chi connectivity index (χ4n) is 1.56. The smallest absolute Gasteiger partial charge is 0.221 e. The van der Waals surface area contributed by atoms with Crippen molar-refractivity contribution in [3.05, 3.63) is 0 Å². The third-order valence-electron chi connectivity index (χ3n) is 3.07. The quantitative estimate of drug-likeness (QED) is 0.619. The standard InChI is InChI=1S/C14H27N3O/c1-5-12(2)17-13(18)7-10-16-11-14(3,4)8-6-9-15/h12,16H,5-8,10-11H2,1-4H3,(H,17,18). The van der Waals surface area contributed by atoms with Gasteiger partial charge >= 0.3 is 0 Å². The molecule has 0 aliphatic heterocycles. The SMILES string of the molecule is CCC(C)NC(=O)CCNCC(C)(C)CCC#N. The topological polar surface area (TPSA) is 64.9 Å². The number of amides is 1. The van der Waals surface area contributed by atoms with Gasteiger partial charge in [0.2, 0.25) is 5.91 Å². The molecule has 1 atom stereocenters. The Hall–Kier alpha value is -1.08. The van der Waals surface area contributed by atoms with E-state index in [1.165, 1.54) is 0 Å². The maximum absolute atomic E-state index is 11.5. The molecule has 4 nitrogen and oxygen atoms in total. The number of nitrogens with one attached hydrogen (secondary N) is 2. The van der Waals surface area contributed by atoms with Crippen molar-refractivity contribution >= 4 is 5.91 Å². The lowest BCUT2D eigenvalue weighted by atomic mass is 9.88. The second-order valence-electron chi connectivity index (χ2n) is 5.63. The van der Waals surface area contributed by atoms with Crippen molar-refractivity contribution in [3.63, 3.8) is 0 Å². The Morgan fingerprint density at radius 2 is 2.11 bits per heavy atom. The van der Waals surface area contributed by atoms with Crippen LogP contribution in [0, 0.1) is 16.7 Å². The molecule has 0 rings (SSSR count). The van der Waals surface area contributed by atoms with Crippen molar-refractivity contribution in [2.24, 2.45) is 5.41 Å². The largest absolute Gasteiger partial charge is 0.354 e. The summed E-state index contributed by atoms with van der Waals surface area (Å²) in [5.74, 6) is 0.103. The summed E-state index contributed by atoms with van der Waals surface area (Å²) in [5, 5.41) is 14.8. The summed E-state index contributed by atoms with van der Waals surface area (Å²) in [4.78, 5) is 11.5. The molecule has 0 aliphatic carbocycles. The lowest BCUT2D eigenvalue weighted by Gasteiger charge is -2.23. The molecule has 1 amide bonds. The van der Waals surface area contributed by atoms with Crippen molar-refractivity contribution in [2.75, 3.05) is 13.1 Å². The molecule has 0 aliphatic rings. The van der Waals surface area contributed by atoms with Crippen molar-refractivity contribution in [1.82, 2.24) is 10.6 Å². The maximum Gasteiger partial charge on any atom is 0.221 e. The highest BCUT2D eigenvalue weighted by molar-refractivity contribution is 5.76. The van der Waals surface area contributed by atoms with Gasteiger partial charge in [0.1, 0.15) is 0 Å². The Balaban J connectivity index is 3.67. The lowest BCUT2D eigenvalue weighted by Crippen LogP contribution is -2.36. The van der Waals surface area contributed by atoms with Crippen LogP contribution in [0.2, 0.25) is 0 Å². The molecular formula is C14H27N3O. The van der Waals surface area contributed by atoms with E-state index in [0.29, 0.717) is 19.4 Å². The third-order valence-corrected chi connectivity index (χ3v) is 3.07. The molecule has 0 heterocycles. The summed E-state index contributed by atoms with van der Waals surface area (Å²) in [6, 6.07) is 2.42. The van der Waals surface area contributed by atoms with E-state index in [1.54, 1.807) is 0 Å². The molecular weight excluding hydrogens is 226 g/mol. The Bertz CT molecular complexity index is 281. The minimum atomic E-state index is 0.103. The second kappa shape index (κ2) is 8.93. The summed E-state index contributed by atoms with van der Waals surface area (Å²) >= 11 is 0. The van der Waals surface area contributed by atoms with E-state index in [1.807, 2.05) is 6.92 Å². The first kappa shape index (κ1) is 16.9. The van der Waals surface area contributed by atoms with Gasteiger partial charge in [-0.25, -0.2) is 0 Å². The van der Waals surface area contributed by atoms with Crippen molar-refractivity contribution < 1.29 is 4.79 Å². The first-order chi connectivity index (χ1) is 8.41. The van der Waals surface area contributed by atoms with E-state index in [4.69, 9.17) is 5.26 Å². The number of rotatable bonds is 9. The van der Waals surface area contributed by atoms with Crippen LogP contribution in [0.15, 0.2) is 0 Å². The van der Waals surface area contributed by atoms with Gasteiger partial charge in [-0.2, -0.15) is 5.26 Å². The van der Waals surface area contributed by atoms with Gasteiger partial charge in [-0.15, -0.1) is 0 Å². The molecule has 0 spiro atoms. The Labute approximate surface area is 111 Å². The second-order valence-corrected chi connectivity index (χ2v) is 5.63. The summed E-state index contributed by atoms with van der Waals surface area (Å²) < 4.78 is 0. The zero-order chi connectivity index (χ0) is 14.0. The van der Waals surface area contributed by atoms with Gasteiger partial charge in [-0.05, 0) is 25.2 Å². The van der Waals surface area contributed by atoms with Crippen LogP contribution in [0.4, 0.5) is 0 Å². The zero-order valence-corrected chi connectivity index (χ0v) is 12.2. The molecule has 0 aromatic carbocycles. The first-order valence-corrected chi connectivity index (χ1v) is 6.78. The molecule has 18 heavy (non-hydrogen) atoms. The third kappa shape index (κ3) is 9.00. The van der Waals surface area contributed by atoms with Gasteiger partial charge in [0.05, 0.1) is 6.07 Å². The number of carbonyl (C=O) groups excluding carboxylic acids is 1. The van der Waals surface area contributed by atoms with Gasteiger partial charge in [-0.3, -0.25) is 4.79 Å². The molecule has 2 N–H and O–H groups in total. The van der Waals surface area contributed by atoms with E-state index in [9.17, 15) is 4.79 Å². The Morgan fingerprint density at radius 1 is 1.44 bits per heavy atom. The van der Waals surface area contributed by atoms with Crippen LogP contribution in [0.3, 0.4) is 0 Å². The van der Waals surface area contributed by atoms with Crippen molar-refractivity contribution in [3.8, 4) is 6.07 Å². The van der Waals surface area contributed by atoms with Gasteiger partial charge in [0, 0.05) is 32.0 Å². The fourth-order valence-corrected chi connectivity index (χ4v) is 1.56. The van der Waals surface area contributed by atoms with Crippen LogP contribution < -0.4 is 10.6 Å². The van der Waals surface area contributed by atoms with Gasteiger partial charge in [0.25, 0.3) is 0 Å². The van der Waals surface area contributed by atoms with Crippen LogP contribution in [0.1, 0.15) is 53.4 Å². The zero-order valence-electron chi connectivity index (χ0n) is 12.2. The van der Waals surface area contributed by atoms with E-state index in [2.05, 4.69) is 37.5 Å². The summed E-state index contributed by atoms with van der Waals surface area (Å²) in [6.45, 7) is 9.87. The lowest BCUT2D eigenvalue weighted by molar-refractivity contribution is -0.121. The van der Waals surface area contributed by atoms with E-state index >= 15 is 0 Å². The van der Waals surface area contributed by atoms with Gasteiger partial charge in [-0.1, -0.05) is 20.8 Å². The van der Waals surface area contributed by atoms with Crippen molar-refractivity contribution in [2.45, 2.75) is 59.4 Å². The normalized spacial score (nSPS) is 12.8. The number of nitriles is 1. The molecule has 0 aromatic rings. The molecule has 0 saturated heterocycles. The minimum absolute atomic E-state index is 0.103. The molecule has 0 radical (unpaired) electrons. The highest BCUT2D eigenvalue weighted by Gasteiger charge is 2.16. The number of carbonyl (C=O) groups is 1. The predicted molar refractivity (Wildman–Crippen MR) is 74.0 cm³/mol. The molecule has 0 saturated carbocycles. The highest BCUT2D eigenvalue weighted by atomic mass is 16.1. The molecule has 4 heteroatoms. The first-order valence-electron chi connectivity index (χ1n) is 6.78. The van der Waals surface area contributed by atoms with Crippen LogP contribution in [-0.2, 0) is 4.79 Å². The van der Waals surface area contributed by atoms with Gasteiger partial charge < -0.3 is 10.6 Å². The summed E-state index contributed by atoms with van der Waals surface area (Å²) in [5.41, 5.74) is 0.114. The average Bonchev–Trinajstić information content (AvgIpc) is 2.32. The highest BCUT2D eigenvalue weighted by Crippen LogP contribution is 2.20. The molecule has 1 unspecified atom stereocenters. The Kier molecular flexibility index (Phi) is 8.40.